The molecule has 2 aromatic rings. The summed E-state index contributed by atoms with van der Waals surface area (Å²) in [6.07, 6.45) is 1.58. The maximum absolute atomic E-state index is 12.8. The highest BCUT2D eigenvalue weighted by atomic mass is 32.1. The highest BCUT2D eigenvalue weighted by Gasteiger charge is 2.34. The second-order valence-corrected chi connectivity index (χ2v) is 6.67. The number of carbonyl (C=O) groups excluding carboxylic acids is 2. The Kier molecular flexibility index (Phi) is 4.93. The summed E-state index contributed by atoms with van der Waals surface area (Å²) in [6, 6.07) is 9.49. The van der Waals surface area contributed by atoms with Crippen LogP contribution in [0.25, 0.3) is 10.1 Å². The highest BCUT2D eigenvalue weighted by molar-refractivity contribution is 7.20. The lowest BCUT2D eigenvalue weighted by atomic mass is 10.2. The van der Waals surface area contributed by atoms with E-state index >= 15 is 0 Å². The first-order valence-corrected chi connectivity index (χ1v) is 8.58. The van der Waals surface area contributed by atoms with Crippen molar-refractivity contribution in [1.29, 1.82) is 0 Å². The van der Waals surface area contributed by atoms with Gasteiger partial charge in [-0.1, -0.05) is 18.2 Å². The van der Waals surface area contributed by atoms with Crippen molar-refractivity contribution in [3.63, 3.8) is 0 Å². The van der Waals surface area contributed by atoms with E-state index in [1.165, 1.54) is 11.3 Å². The number of rotatable bonds is 5. The molecule has 23 heavy (non-hydrogen) atoms. The summed E-state index contributed by atoms with van der Waals surface area (Å²) in [5, 5.41) is 3.90. The van der Waals surface area contributed by atoms with Crippen LogP contribution in [0.15, 0.2) is 30.3 Å². The maximum atomic E-state index is 12.8. The molecule has 1 N–H and O–H groups in total. The lowest BCUT2D eigenvalue weighted by molar-refractivity contribution is -0.125. The van der Waals surface area contributed by atoms with Crippen molar-refractivity contribution >= 4 is 33.2 Å². The number of benzene rings is 1. The lowest BCUT2D eigenvalue weighted by Crippen LogP contribution is -2.46. The molecule has 1 fully saturated rings. The van der Waals surface area contributed by atoms with E-state index in [1.807, 2.05) is 30.3 Å². The van der Waals surface area contributed by atoms with E-state index < -0.39 is 0 Å². The van der Waals surface area contributed by atoms with Gasteiger partial charge in [-0.3, -0.25) is 9.59 Å². The molecule has 1 aliphatic rings. The van der Waals surface area contributed by atoms with E-state index in [4.69, 9.17) is 4.74 Å². The van der Waals surface area contributed by atoms with E-state index in [0.29, 0.717) is 24.6 Å². The quantitative estimate of drug-likeness (QED) is 0.855. The van der Waals surface area contributed by atoms with Crippen molar-refractivity contribution < 1.29 is 14.3 Å². The molecule has 1 saturated heterocycles. The van der Waals surface area contributed by atoms with E-state index in [9.17, 15) is 9.59 Å². The molecular formula is C17H20N2O3S. The molecule has 6 heteroatoms. The number of hydrogen-bond donors (Lipinski definition) is 1. The number of fused-ring (bicyclic) bond motifs is 1. The number of ether oxygens (including phenoxy) is 1. The van der Waals surface area contributed by atoms with Gasteiger partial charge in [-0.2, -0.15) is 0 Å². The van der Waals surface area contributed by atoms with E-state index in [1.54, 1.807) is 12.0 Å². The fraction of sp³-hybridized carbons (Fsp3) is 0.412. The maximum Gasteiger partial charge on any atom is 0.264 e. The van der Waals surface area contributed by atoms with Crippen molar-refractivity contribution in [1.82, 2.24) is 10.2 Å². The van der Waals surface area contributed by atoms with Crippen LogP contribution in [0.4, 0.5) is 0 Å². The molecule has 0 spiro atoms. The van der Waals surface area contributed by atoms with Crippen LogP contribution in [0.3, 0.4) is 0 Å². The first-order valence-electron chi connectivity index (χ1n) is 7.77. The molecule has 2 amide bonds. The molecule has 0 saturated carbocycles. The largest absolute Gasteiger partial charge is 0.383 e. The molecule has 1 aliphatic heterocycles. The van der Waals surface area contributed by atoms with Crippen LogP contribution in [-0.2, 0) is 9.53 Å². The van der Waals surface area contributed by atoms with E-state index in [-0.39, 0.29) is 17.9 Å². The Labute approximate surface area is 139 Å². The van der Waals surface area contributed by atoms with Crippen molar-refractivity contribution in [2.75, 3.05) is 26.8 Å². The number of carbonyl (C=O) groups is 2. The lowest BCUT2D eigenvalue weighted by Gasteiger charge is -2.23. The van der Waals surface area contributed by atoms with Crippen LogP contribution in [0.1, 0.15) is 22.5 Å². The van der Waals surface area contributed by atoms with Gasteiger partial charge in [0.15, 0.2) is 0 Å². The summed E-state index contributed by atoms with van der Waals surface area (Å²) >= 11 is 1.48. The van der Waals surface area contributed by atoms with Gasteiger partial charge in [0.1, 0.15) is 6.04 Å². The Morgan fingerprint density at radius 2 is 2.22 bits per heavy atom. The monoisotopic (exact) mass is 332 g/mol. The molecule has 1 aromatic heterocycles. The number of hydrogen-bond acceptors (Lipinski definition) is 4. The minimum absolute atomic E-state index is 0.0457. The van der Waals surface area contributed by atoms with Crippen LogP contribution >= 0.6 is 11.3 Å². The highest BCUT2D eigenvalue weighted by Crippen LogP contribution is 2.28. The zero-order valence-electron chi connectivity index (χ0n) is 13.1. The van der Waals surface area contributed by atoms with Crippen LogP contribution in [0, 0.1) is 0 Å². The number of nitrogens with zero attached hydrogens (tertiary/aromatic N) is 1. The Morgan fingerprint density at radius 3 is 3.00 bits per heavy atom. The summed E-state index contributed by atoms with van der Waals surface area (Å²) in [4.78, 5) is 27.5. The molecule has 3 rings (SSSR count). The first-order chi connectivity index (χ1) is 11.2. The molecular weight excluding hydrogens is 312 g/mol. The third-order valence-electron chi connectivity index (χ3n) is 4.06. The van der Waals surface area contributed by atoms with Crippen molar-refractivity contribution in [3.8, 4) is 0 Å². The van der Waals surface area contributed by atoms with Crippen LogP contribution in [0.5, 0.6) is 0 Å². The van der Waals surface area contributed by atoms with E-state index in [0.717, 1.165) is 22.9 Å². The molecule has 1 atom stereocenters. The first kappa shape index (κ1) is 16.0. The Hall–Kier alpha value is -1.92. The van der Waals surface area contributed by atoms with Gasteiger partial charge in [0.25, 0.3) is 5.91 Å². The standard InChI is InChI=1S/C17H20N2O3S/c1-22-10-8-18-16(20)13-6-4-9-19(13)17(21)15-11-12-5-2-3-7-14(12)23-15/h2-3,5,7,11,13H,4,6,8-10H2,1H3,(H,18,20). The van der Waals surface area contributed by atoms with Gasteiger partial charge in [-0.25, -0.2) is 0 Å². The molecule has 1 aromatic carbocycles. The summed E-state index contributed by atoms with van der Waals surface area (Å²) in [5.74, 6) is -0.135. The smallest absolute Gasteiger partial charge is 0.264 e. The summed E-state index contributed by atoms with van der Waals surface area (Å²) in [5.41, 5.74) is 0. The average Bonchev–Trinajstić information content (AvgIpc) is 3.21. The Bertz CT molecular complexity index is 680. The predicted molar refractivity (Wildman–Crippen MR) is 90.8 cm³/mol. The number of methoxy groups -OCH3 is 1. The van der Waals surface area contributed by atoms with Crippen molar-refractivity contribution in [2.45, 2.75) is 18.9 Å². The van der Waals surface area contributed by atoms with Crippen LogP contribution < -0.4 is 5.32 Å². The molecule has 2 heterocycles. The normalized spacial score (nSPS) is 17.6. The zero-order chi connectivity index (χ0) is 16.2. The van der Waals surface area contributed by atoms with Gasteiger partial charge in [0.2, 0.25) is 5.91 Å². The summed E-state index contributed by atoms with van der Waals surface area (Å²) in [7, 11) is 1.60. The Balaban J connectivity index is 1.73. The van der Waals surface area contributed by atoms with Gasteiger partial charge >= 0.3 is 0 Å². The second-order valence-electron chi connectivity index (χ2n) is 5.59. The predicted octanol–water partition coefficient (Wildman–Crippen LogP) is 2.27. The third kappa shape index (κ3) is 3.38. The van der Waals surface area contributed by atoms with Crippen molar-refractivity contribution in [3.05, 3.63) is 35.2 Å². The third-order valence-corrected chi connectivity index (χ3v) is 5.16. The zero-order valence-corrected chi connectivity index (χ0v) is 13.9. The minimum Gasteiger partial charge on any atom is -0.383 e. The Morgan fingerprint density at radius 1 is 1.39 bits per heavy atom. The number of amides is 2. The number of likely N-dealkylation sites (tertiary alicyclic amines) is 1. The topological polar surface area (TPSA) is 58.6 Å². The van der Waals surface area contributed by atoms with Gasteiger partial charge in [0, 0.05) is 24.9 Å². The molecule has 0 aliphatic carbocycles. The number of thiophene rings is 1. The molecule has 122 valence electrons. The van der Waals surface area contributed by atoms with Gasteiger partial charge in [-0.15, -0.1) is 11.3 Å². The molecule has 1 unspecified atom stereocenters. The summed E-state index contributed by atoms with van der Waals surface area (Å²) < 4.78 is 6.03. The fourth-order valence-electron chi connectivity index (χ4n) is 2.91. The molecule has 5 nitrogen and oxygen atoms in total. The van der Waals surface area contributed by atoms with Crippen molar-refractivity contribution in [2.24, 2.45) is 0 Å². The van der Waals surface area contributed by atoms with Gasteiger partial charge in [0.05, 0.1) is 11.5 Å². The van der Waals surface area contributed by atoms with E-state index in [2.05, 4.69) is 5.32 Å². The van der Waals surface area contributed by atoms with Crippen LogP contribution in [0.2, 0.25) is 0 Å². The summed E-state index contributed by atoms with van der Waals surface area (Å²) in [6.45, 7) is 1.58. The second kappa shape index (κ2) is 7.10. The molecule has 0 bridgehead atoms. The van der Waals surface area contributed by atoms with Gasteiger partial charge in [-0.05, 0) is 30.4 Å². The fourth-order valence-corrected chi connectivity index (χ4v) is 3.92. The van der Waals surface area contributed by atoms with Gasteiger partial charge < -0.3 is 15.0 Å². The molecule has 0 radical (unpaired) electrons. The number of nitrogens with one attached hydrogen (secondary N) is 1. The minimum atomic E-state index is -0.371. The average molecular weight is 332 g/mol. The van der Waals surface area contributed by atoms with Crippen LogP contribution in [-0.4, -0.2) is 49.6 Å². The SMILES string of the molecule is COCCNC(=O)C1CCCN1C(=O)c1cc2ccccc2s1.